The van der Waals surface area contributed by atoms with E-state index >= 15 is 0 Å². The minimum absolute atomic E-state index is 0.541. The lowest BCUT2D eigenvalue weighted by Crippen LogP contribution is -2.28. The van der Waals surface area contributed by atoms with Gasteiger partial charge in [0.05, 0.1) is 0 Å². The summed E-state index contributed by atoms with van der Waals surface area (Å²) in [5.41, 5.74) is 1.98. The fourth-order valence-electron chi connectivity index (χ4n) is 2.80. The average molecular weight is 341 g/mol. The lowest BCUT2D eigenvalue weighted by Gasteiger charge is -2.35. The van der Waals surface area contributed by atoms with E-state index in [0.29, 0.717) is 11.3 Å². The molecule has 1 aliphatic rings. The van der Waals surface area contributed by atoms with Gasteiger partial charge in [-0.15, -0.1) is 11.8 Å². The first kappa shape index (κ1) is 15.4. The molecule has 0 nitrogen and oxygen atoms in total. The van der Waals surface area contributed by atoms with E-state index in [9.17, 15) is 0 Å². The molecule has 1 aliphatic carbocycles. The Balaban J connectivity index is 1.93. The molecular formula is C17H25BrS. The summed E-state index contributed by atoms with van der Waals surface area (Å²) < 4.78 is 0. The third kappa shape index (κ3) is 4.26. The summed E-state index contributed by atoms with van der Waals surface area (Å²) in [6.45, 7) is 4.51. The van der Waals surface area contributed by atoms with Crippen LogP contribution >= 0.6 is 27.7 Å². The Labute approximate surface area is 130 Å². The monoisotopic (exact) mass is 340 g/mol. The van der Waals surface area contributed by atoms with E-state index in [-0.39, 0.29) is 0 Å². The zero-order valence-corrected chi connectivity index (χ0v) is 14.5. The summed E-state index contributed by atoms with van der Waals surface area (Å²) in [5, 5.41) is 1.16. The van der Waals surface area contributed by atoms with Crippen molar-refractivity contribution >= 4 is 27.7 Å². The molecule has 0 unspecified atom stereocenters. The molecule has 0 N–H and O–H groups in total. The van der Waals surface area contributed by atoms with Crippen molar-refractivity contribution < 1.29 is 0 Å². The molecule has 0 amide bonds. The largest absolute Gasteiger partial charge is 0.126 e. The van der Waals surface area contributed by atoms with Gasteiger partial charge in [-0.05, 0) is 41.9 Å². The molecule has 2 rings (SSSR count). The highest BCUT2D eigenvalue weighted by Gasteiger charge is 2.30. The van der Waals surface area contributed by atoms with Crippen molar-refractivity contribution in [1.29, 1.82) is 0 Å². The zero-order chi connectivity index (χ0) is 13.7. The van der Waals surface area contributed by atoms with Gasteiger partial charge < -0.3 is 0 Å². The molecule has 2 heteroatoms. The predicted molar refractivity (Wildman–Crippen MR) is 90.6 cm³/mol. The maximum absolute atomic E-state index is 3.76. The molecule has 0 atom stereocenters. The molecule has 106 valence electrons. The minimum Gasteiger partial charge on any atom is -0.126 e. The molecule has 0 heterocycles. The molecule has 19 heavy (non-hydrogen) atoms. The number of hydrogen-bond donors (Lipinski definition) is 0. The Kier molecular flexibility index (Phi) is 5.83. The van der Waals surface area contributed by atoms with Gasteiger partial charge in [-0.2, -0.15) is 0 Å². The van der Waals surface area contributed by atoms with Crippen LogP contribution in [0.1, 0.15) is 57.4 Å². The Hall–Kier alpha value is 0.0500. The number of hydrogen-bond acceptors (Lipinski definition) is 1. The fraction of sp³-hybridized carbons (Fsp3) is 0.647. The van der Waals surface area contributed by atoms with Crippen molar-refractivity contribution in [3.63, 3.8) is 0 Å². The Morgan fingerprint density at radius 1 is 1.11 bits per heavy atom. The van der Waals surface area contributed by atoms with Gasteiger partial charge in [-0.25, -0.2) is 0 Å². The molecule has 0 bridgehead atoms. The molecule has 0 aliphatic heterocycles. The van der Waals surface area contributed by atoms with Crippen LogP contribution in [0.25, 0.3) is 0 Å². The summed E-state index contributed by atoms with van der Waals surface area (Å²) in [6.07, 6.45) is 7.06. The highest BCUT2D eigenvalue weighted by molar-refractivity contribution is 9.09. The van der Waals surface area contributed by atoms with Crippen LogP contribution in [0.4, 0.5) is 0 Å². The van der Waals surface area contributed by atoms with Gasteiger partial charge in [0.2, 0.25) is 0 Å². The predicted octanol–water partition coefficient (Wildman–Crippen LogP) is 6.25. The number of thioether (sulfide) groups is 1. The highest BCUT2D eigenvalue weighted by atomic mass is 79.9. The van der Waals surface area contributed by atoms with Crippen molar-refractivity contribution in [3.05, 3.63) is 29.8 Å². The van der Waals surface area contributed by atoms with Crippen LogP contribution in [0.5, 0.6) is 0 Å². The molecule has 0 saturated heterocycles. The van der Waals surface area contributed by atoms with E-state index in [2.05, 4.69) is 54.0 Å². The lowest BCUT2D eigenvalue weighted by molar-refractivity contribution is 0.260. The van der Waals surface area contributed by atoms with Gasteiger partial charge >= 0.3 is 0 Å². The van der Waals surface area contributed by atoms with E-state index in [1.807, 2.05) is 11.8 Å². The van der Waals surface area contributed by atoms with E-state index < -0.39 is 0 Å². The second kappa shape index (κ2) is 7.17. The van der Waals surface area contributed by atoms with Crippen LogP contribution in [0, 0.1) is 5.41 Å². The quantitative estimate of drug-likeness (QED) is 0.451. The maximum atomic E-state index is 3.76. The Bertz CT molecular complexity index is 377. The van der Waals surface area contributed by atoms with Crippen LogP contribution in [-0.2, 0) is 0 Å². The van der Waals surface area contributed by atoms with Crippen LogP contribution < -0.4 is 0 Å². The van der Waals surface area contributed by atoms with Gasteiger partial charge in [-0.3, -0.25) is 0 Å². The van der Waals surface area contributed by atoms with E-state index in [0.717, 1.165) is 5.33 Å². The highest BCUT2D eigenvalue weighted by Crippen LogP contribution is 2.42. The first-order chi connectivity index (χ1) is 9.15. The van der Waals surface area contributed by atoms with Crippen molar-refractivity contribution in [1.82, 2.24) is 0 Å². The molecule has 0 aromatic heterocycles. The molecule has 1 aromatic carbocycles. The number of alkyl halides is 1. The standard InChI is InChI=1S/C17H25BrS/c1-14(2)15-6-8-16(9-7-15)19-13-17(12-18)10-4-3-5-11-17/h6-9,14H,3-5,10-13H2,1-2H3. The van der Waals surface area contributed by atoms with Crippen molar-refractivity contribution in [3.8, 4) is 0 Å². The Morgan fingerprint density at radius 3 is 2.26 bits per heavy atom. The first-order valence-corrected chi connectivity index (χ1v) is 9.55. The average Bonchev–Trinajstić information content (AvgIpc) is 2.46. The van der Waals surface area contributed by atoms with Gasteiger partial charge in [0.15, 0.2) is 0 Å². The summed E-state index contributed by atoms with van der Waals surface area (Å²) in [6, 6.07) is 9.17. The second-order valence-electron chi connectivity index (χ2n) is 6.21. The molecule has 0 spiro atoms. The third-order valence-electron chi connectivity index (χ3n) is 4.29. The van der Waals surface area contributed by atoms with Gasteiger partial charge in [-0.1, -0.05) is 61.2 Å². The molecule has 1 aromatic rings. The van der Waals surface area contributed by atoms with E-state index in [1.165, 1.54) is 48.3 Å². The Morgan fingerprint density at radius 2 is 1.74 bits per heavy atom. The zero-order valence-electron chi connectivity index (χ0n) is 12.1. The van der Waals surface area contributed by atoms with Gasteiger partial charge in [0.1, 0.15) is 0 Å². The maximum Gasteiger partial charge on any atom is 0.00959 e. The van der Waals surface area contributed by atoms with Crippen LogP contribution in [0.15, 0.2) is 29.2 Å². The summed E-state index contributed by atoms with van der Waals surface area (Å²) in [4.78, 5) is 1.43. The normalized spacial score (nSPS) is 18.7. The molecule has 1 saturated carbocycles. The summed E-state index contributed by atoms with van der Waals surface area (Å²) >= 11 is 5.80. The third-order valence-corrected chi connectivity index (χ3v) is 6.84. The summed E-state index contributed by atoms with van der Waals surface area (Å²) in [5.74, 6) is 1.89. The molecular weight excluding hydrogens is 316 g/mol. The van der Waals surface area contributed by atoms with Gasteiger partial charge in [0.25, 0.3) is 0 Å². The molecule has 0 radical (unpaired) electrons. The number of rotatable bonds is 5. The minimum atomic E-state index is 0.541. The SMILES string of the molecule is CC(C)c1ccc(SCC2(CBr)CCCCC2)cc1. The van der Waals surface area contributed by atoms with Crippen LogP contribution in [-0.4, -0.2) is 11.1 Å². The van der Waals surface area contributed by atoms with Crippen molar-refractivity contribution in [2.75, 3.05) is 11.1 Å². The van der Waals surface area contributed by atoms with E-state index in [4.69, 9.17) is 0 Å². The number of benzene rings is 1. The lowest BCUT2D eigenvalue weighted by atomic mass is 9.77. The van der Waals surface area contributed by atoms with E-state index in [1.54, 1.807) is 0 Å². The smallest absolute Gasteiger partial charge is 0.00959 e. The fourth-order valence-corrected chi connectivity index (χ4v) is 5.02. The summed E-state index contributed by atoms with van der Waals surface area (Å²) in [7, 11) is 0. The van der Waals surface area contributed by atoms with Crippen molar-refractivity contribution in [2.24, 2.45) is 5.41 Å². The molecule has 1 fully saturated rings. The van der Waals surface area contributed by atoms with Gasteiger partial charge in [0, 0.05) is 16.0 Å². The number of halogens is 1. The van der Waals surface area contributed by atoms with Crippen LogP contribution in [0.2, 0.25) is 0 Å². The first-order valence-electron chi connectivity index (χ1n) is 7.44. The van der Waals surface area contributed by atoms with Crippen LogP contribution in [0.3, 0.4) is 0 Å². The van der Waals surface area contributed by atoms with Crippen molar-refractivity contribution in [2.45, 2.75) is 56.8 Å². The topological polar surface area (TPSA) is 0 Å². The second-order valence-corrected chi connectivity index (χ2v) is 7.82.